The van der Waals surface area contributed by atoms with Crippen LogP contribution in [-0.2, 0) is 0 Å². The highest BCUT2D eigenvalue weighted by Crippen LogP contribution is 2.37. The van der Waals surface area contributed by atoms with Gasteiger partial charge < -0.3 is 10.6 Å². The molecule has 1 atom stereocenters. The van der Waals surface area contributed by atoms with Crippen molar-refractivity contribution in [3.05, 3.63) is 29.3 Å². The average Bonchev–Trinajstić information content (AvgIpc) is 2.23. The summed E-state index contributed by atoms with van der Waals surface area (Å²) in [5.41, 5.74) is 10.3. The quantitative estimate of drug-likeness (QED) is 0.762. The van der Waals surface area contributed by atoms with Crippen molar-refractivity contribution >= 4 is 5.69 Å². The number of benzene rings is 1. The van der Waals surface area contributed by atoms with E-state index in [1.165, 1.54) is 16.8 Å². The molecule has 0 saturated carbocycles. The largest absolute Gasteiger partial charge is 0.374 e. The molecule has 15 heavy (non-hydrogen) atoms. The minimum Gasteiger partial charge on any atom is -0.374 e. The van der Waals surface area contributed by atoms with Crippen LogP contribution in [0.3, 0.4) is 0 Å². The number of nitrogens with zero attached hydrogens (tertiary/aromatic N) is 1. The van der Waals surface area contributed by atoms with E-state index in [0.29, 0.717) is 5.92 Å². The molecule has 2 nitrogen and oxygen atoms in total. The SMILES string of the molecule is CC(C)c1cccc2c1N(C)CCC2N. The van der Waals surface area contributed by atoms with Crippen molar-refractivity contribution in [1.29, 1.82) is 0 Å². The van der Waals surface area contributed by atoms with Crippen LogP contribution >= 0.6 is 0 Å². The lowest BCUT2D eigenvalue weighted by molar-refractivity contribution is 0.609. The molecule has 1 unspecified atom stereocenters. The molecule has 1 aromatic rings. The third kappa shape index (κ3) is 1.74. The Morgan fingerprint density at radius 2 is 2.13 bits per heavy atom. The van der Waals surface area contributed by atoms with Gasteiger partial charge >= 0.3 is 0 Å². The highest BCUT2D eigenvalue weighted by atomic mass is 15.1. The van der Waals surface area contributed by atoms with Crippen LogP contribution in [0.5, 0.6) is 0 Å². The maximum Gasteiger partial charge on any atom is 0.0447 e. The van der Waals surface area contributed by atoms with Crippen molar-refractivity contribution in [2.24, 2.45) is 5.73 Å². The van der Waals surface area contributed by atoms with E-state index >= 15 is 0 Å². The molecule has 1 aromatic carbocycles. The zero-order valence-corrected chi connectivity index (χ0v) is 9.83. The number of rotatable bonds is 1. The molecule has 2 heteroatoms. The van der Waals surface area contributed by atoms with Crippen LogP contribution in [0.25, 0.3) is 0 Å². The summed E-state index contributed by atoms with van der Waals surface area (Å²) in [4.78, 5) is 2.34. The molecule has 0 radical (unpaired) electrons. The zero-order chi connectivity index (χ0) is 11.0. The van der Waals surface area contributed by atoms with Crippen molar-refractivity contribution in [2.75, 3.05) is 18.5 Å². The second-order valence-electron chi connectivity index (χ2n) is 4.76. The summed E-state index contributed by atoms with van der Waals surface area (Å²) < 4.78 is 0. The Bertz CT molecular complexity index is 343. The fourth-order valence-electron chi connectivity index (χ4n) is 2.39. The number of fused-ring (bicyclic) bond motifs is 1. The molecular formula is C13H20N2. The topological polar surface area (TPSA) is 29.3 Å². The number of nitrogens with two attached hydrogens (primary N) is 1. The fourth-order valence-corrected chi connectivity index (χ4v) is 2.39. The van der Waals surface area contributed by atoms with Gasteiger partial charge in [-0.3, -0.25) is 0 Å². The Labute approximate surface area is 92.1 Å². The molecule has 0 aliphatic carbocycles. The molecule has 0 amide bonds. The number of hydrogen-bond donors (Lipinski definition) is 1. The molecule has 0 bridgehead atoms. The van der Waals surface area contributed by atoms with Crippen LogP contribution in [0.15, 0.2) is 18.2 Å². The molecule has 0 fully saturated rings. The highest BCUT2D eigenvalue weighted by Gasteiger charge is 2.23. The summed E-state index contributed by atoms with van der Waals surface area (Å²) in [6, 6.07) is 6.74. The van der Waals surface area contributed by atoms with Crippen molar-refractivity contribution in [2.45, 2.75) is 32.2 Å². The number of hydrogen-bond acceptors (Lipinski definition) is 2. The third-order valence-corrected chi connectivity index (χ3v) is 3.28. The van der Waals surface area contributed by atoms with Gasteiger partial charge in [0.2, 0.25) is 0 Å². The normalized spacial score (nSPS) is 20.6. The first-order valence-corrected chi connectivity index (χ1v) is 5.70. The van der Waals surface area contributed by atoms with Gasteiger partial charge in [-0.2, -0.15) is 0 Å². The molecule has 1 aliphatic heterocycles. The molecule has 2 rings (SSSR count). The lowest BCUT2D eigenvalue weighted by Gasteiger charge is -2.34. The maximum absolute atomic E-state index is 6.15. The summed E-state index contributed by atoms with van der Waals surface area (Å²) in [7, 11) is 2.16. The Hall–Kier alpha value is -1.02. The first-order valence-electron chi connectivity index (χ1n) is 5.70. The molecule has 1 aliphatic rings. The predicted molar refractivity (Wildman–Crippen MR) is 65.3 cm³/mol. The van der Waals surface area contributed by atoms with E-state index in [0.717, 1.165) is 13.0 Å². The number of anilines is 1. The van der Waals surface area contributed by atoms with Crippen LogP contribution in [0.1, 0.15) is 43.4 Å². The van der Waals surface area contributed by atoms with E-state index in [1.807, 2.05) is 0 Å². The standard InChI is InChI=1S/C13H20N2/c1-9(2)10-5-4-6-11-12(14)7-8-15(3)13(10)11/h4-6,9,12H,7-8,14H2,1-3H3. The van der Waals surface area contributed by atoms with Gasteiger partial charge in [-0.25, -0.2) is 0 Å². The van der Waals surface area contributed by atoms with Gasteiger partial charge in [0, 0.05) is 25.3 Å². The Morgan fingerprint density at radius 1 is 1.40 bits per heavy atom. The van der Waals surface area contributed by atoms with Crippen LogP contribution in [0.4, 0.5) is 5.69 Å². The lowest BCUT2D eigenvalue weighted by atomic mass is 9.90. The summed E-state index contributed by atoms with van der Waals surface area (Å²) in [6.07, 6.45) is 1.06. The molecule has 2 N–H and O–H groups in total. The van der Waals surface area contributed by atoms with Crippen LogP contribution in [-0.4, -0.2) is 13.6 Å². The first-order chi connectivity index (χ1) is 7.11. The van der Waals surface area contributed by atoms with Gasteiger partial charge in [0.1, 0.15) is 0 Å². The Morgan fingerprint density at radius 3 is 2.80 bits per heavy atom. The second kappa shape index (κ2) is 3.86. The first kappa shape index (κ1) is 10.5. The van der Waals surface area contributed by atoms with Gasteiger partial charge in [-0.1, -0.05) is 32.0 Å². The summed E-state index contributed by atoms with van der Waals surface area (Å²) >= 11 is 0. The van der Waals surface area contributed by atoms with Gasteiger partial charge in [0.15, 0.2) is 0 Å². The monoisotopic (exact) mass is 204 g/mol. The van der Waals surface area contributed by atoms with Gasteiger partial charge in [0.25, 0.3) is 0 Å². The van der Waals surface area contributed by atoms with Crippen LogP contribution < -0.4 is 10.6 Å². The van der Waals surface area contributed by atoms with E-state index in [-0.39, 0.29) is 6.04 Å². The average molecular weight is 204 g/mol. The van der Waals surface area contributed by atoms with Gasteiger partial charge in [0.05, 0.1) is 0 Å². The lowest BCUT2D eigenvalue weighted by Crippen LogP contribution is -2.31. The van der Waals surface area contributed by atoms with Crippen molar-refractivity contribution in [1.82, 2.24) is 0 Å². The maximum atomic E-state index is 6.15. The van der Waals surface area contributed by atoms with E-state index < -0.39 is 0 Å². The summed E-state index contributed by atoms with van der Waals surface area (Å²) in [5, 5.41) is 0. The van der Waals surface area contributed by atoms with Crippen LogP contribution in [0.2, 0.25) is 0 Å². The minimum atomic E-state index is 0.217. The van der Waals surface area contributed by atoms with E-state index in [9.17, 15) is 0 Å². The third-order valence-electron chi connectivity index (χ3n) is 3.28. The van der Waals surface area contributed by atoms with E-state index in [4.69, 9.17) is 5.73 Å². The van der Waals surface area contributed by atoms with Crippen LogP contribution in [0, 0.1) is 0 Å². The van der Waals surface area contributed by atoms with Gasteiger partial charge in [-0.15, -0.1) is 0 Å². The fraction of sp³-hybridized carbons (Fsp3) is 0.538. The molecule has 82 valence electrons. The Kier molecular flexibility index (Phi) is 2.70. The molecule has 0 spiro atoms. The summed E-state index contributed by atoms with van der Waals surface area (Å²) in [5.74, 6) is 0.563. The highest BCUT2D eigenvalue weighted by molar-refractivity contribution is 5.63. The Balaban J connectivity index is 2.56. The van der Waals surface area contributed by atoms with Crippen molar-refractivity contribution < 1.29 is 0 Å². The molecular weight excluding hydrogens is 184 g/mol. The molecule has 1 heterocycles. The minimum absolute atomic E-state index is 0.217. The van der Waals surface area contributed by atoms with E-state index in [1.54, 1.807) is 0 Å². The number of para-hydroxylation sites is 1. The molecule has 0 aromatic heterocycles. The van der Waals surface area contributed by atoms with E-state index in [2.05, 4.69) is 44.0 Å². The van der Waals surface area contributed by atoms with Gasteiger partial charge in [-0.05, 0) is 23.5 Å². The summed E-state index contributed by atoms with van der Waals surface area (Å²) in [6.45, 7) is 5.55. The second-order valence-corrected chi connectivity index (χ2v) is 4.76. The molecule has 0 saturated heterocycles. The predicted octanol–water partition coefficient (Wildman–Crippen LogP) is 2.65. The zero-order valence-electron chi connectivity index (χ0n) is 9.83. The van der Waals surface area contributed by atoms with Crippen molar-refractivity contribution in [3.63, 3.8) is 0 Å². The smallest absolute Gasteiger partial charge is 0.0447 e. The van der Waals surface area contributed by atoms with Crippen molar-refractivity contribution in [3.8, 4) is 0 Å².